The van der Waals surface area contributed by atoms with Gasteiger partial charge in [-0.15, -0.1) is 11.3 Å². The first-order chi connectivity index (χ1) is 31.2. The van der Waals surface area contributed by atoms with Gasteiger partial charge in [-0.3, -0.25) is 39.5 Å². The number of carbonyl (C=O) groups excluding carboxylic acids is 4. The Bertz CT molecular complexity index is 2840. The Hall–Kier alpha value is -7.81. The number of benzene rings is 2. The highest BCUT2D eigenvalue weighted by Gasteiger charge is 2.23. The molecule has 342 valence electrons. The van der Waals surface area contributed by atoms with Gasteiger partial charge in [0.15, 0.2) is 0 Å². The lowest BCUT2D eigenvalue weighted by atomic mass is 10.1. The summed E-state index contributed by atoms with van der Waals surface area (Å²) < 4.78 is 17.0. The first kappa shape index (κ1) is 48.2. The maximum atomic E-state index is 13.8. The standard InChI is InChI=1S/C42H48N14O6S.C2H6/c1-6-28-36(63-24(4)49-28)40(60)53-42-51-30-18-26(38(46)58)20-33(62-15-11-10-12-54-22-27(44)21-48-54)35(30)56(42)14-9-8-13-55-34-29(17-25(37(45)57)19-32(34)61-5)50-41(55)52-39(59)31(47-7-2)16-23(3)43;1-2/h8-11,16-22H,6-7,12-15,43-44H2,1-5H3,(H2,45,57)(H2,46,58)(H,50,52,59)(H,51,53,60);1-2H3/b9-8+,11-10+,23-16-,47-31?;. The minimum Gasteiger partial charge on any atom is -0.494 e. The highest BCUT2D eigenvalue weighted by atomic mass is 32.1. The van der Waals surface area contributed by atoms with Crippen LogP contribution in [0.1, 0.15) is 75.7 Å². The molecule has 0 spiro atoms. The highest BCUT2D eigenvalue weighted by Crippen LogP contribution is 2.33. The number of rotatable bonds is 19. The van der Waals surface area contributed by atoms with Crippen molar-refractivity contribution in [2.24, 2.45) is 22.2 Å². The van der Waals surface area contributed by atoms with Crippen molar-refractivity contribution < 1.29 is 28.7 Å². The number of primary amides is 2. The molecule has 0 bridgehead atoms. The van der Waals surface area contributed by atoms with Crippen molar-refractivity contribution in [2.75, 3.05) is 36.6 Å². The van der Waals surface area contributed by atoms with Crippen molar-refractivity contribution >= 4 is 80.3 Å². The van der Waals surface area contributed by atoms with Crippen molar-refractivity contribution in [1.82, 2.24) is 33.9 Å². The molecule has 4 amide bonds. The average Bonchev–Trinajstić information content (AvgIpc) is 4.05. The van der Waals surface area contributed by atoms with E-state index >= 15 is 0 Å². The van der Waals surface area contributed by atoms with E-state index in [0.29, 0.717) is 63.5 Å². The van der Waals surface area contributed by atoms with Crippen molar-refractivity contribution in [1.29, 1.82) is 0 Å². The summed E-state index contributed by atoms with van der Waals surface area (Å²) in [6.45, 7) is 12.3. The van der Waals surface area contributed by atoms with Crippen LogP contribution in [0.2, 0.25) is 0 Å². The highest BCUT2D eigenvalue weighted by molar-refractivity contribution is 7.13. The molecule has 0 fully saturated rings. The number of ether oxygens (including phenoxy) is 2. The maximum Gasteiger partial charge on any atom is 0.276 e. The summed E-state index contributed by atoms with van der Waals surface area (Å²) in [6, 6.07) is 6.06. The van der Waals surface area contributed by atoms with E-state index in [1.807, 2.05) is 45.9 Å². The molecule has 2 aromatic carbocycles. The van der Waals surface area contributed by atoms with Gasteiger partial charge in [0.1, 0.15) is 39.7 Å². The van der Waals surface area contributed by atoms with E-state index in [1.54, 1.807) is 46.1 Å². The minimum atomic E-state index is -0.697. The first-order valence-corrected chi connectivity index (χ1v) is 21.5. The second-order valence-corrected chi connectivity index (χ2v) is 15.2. The Labute approximate surface area is 379 Å². The number of nitrogen functional groups attached to an aromatic ring is 1. The number of nitrogens with two attached hydrogens (primary N) is 4. The molecule has 0 aliphatic rings. The molecule has 65 heavy (non-hydrogen) atoms. The van der Waals surface area contributed by atoms with Crippen LogP contribution in [0, 0.1) is 6.92 Å². The van der Waals surface area contributed by atoms with Crippen molar-refractivity contribution in [3.63, 3.8) is 0 Å². The molecule has 6 aromatic rings. The molecule has 21 heteroatoms. The largest absolute Gasteiger partial charge is 0.494 e. The molecule has 10 N–H and O–H groups in total. The molecular weight excluding hydrogens is 853 g/mol. The number of hydrogen-bond donors (Lipinski definition) is 6. The number of hydrogen-bond acceptors (Lipinski definition) is 14. The summed E-state index contributed by atoms with van der Waals surface area (Å²) in [7, 11) is 1.44. The van der Waals surface area contributed by atoms with E-state index in [4.69, 9.17) is 37.4 Å². The third kappa shape index (κ3) is 11.6. The molecule has 4 heterocycles. The van der Waals surface area contributed by atoms with Crippen molar-refractivity contribution in [3.8, 4) is 11.5 Å². The second-order valence-electron chi connectivity index (χ2n) is 14.0. The van der Waals surface area contributed by atoms with Crippen LogP contribution in [0.15, 0.2) is 77.7 Å². The van der Waals surface area contributed by atoms with E-state index < -0.39 is 23.6 Å². The fourth-order valence-electron chi connectivity index (χ4n) is 6.56. The molecule has 0 aliphatic heterocycles. The van der Waals surface area contributed by atoms with E-state index in [-0.39, 0.29) is 59.9 Å². The molecule has 0 atom stereocenters. The summed E-state index contributed by atoms with van der Waals surface area (Å²) in [4.78, 5) is 70.7. The van der Waals surface area contributed by atoms with Gasteiger partial charge < -0.3 is 41.5 Å². The number of fused-ring (bicyclic) bond motifs is 2. The van der Waals surface area contributed by atoms with E-state index in [0.717, 1.165) is 5.01 Å². The number of carbonyl (C=O) groups is 4. The summed E-state index contributed by atoms with van der Waals surface area (Å²) in [5.41, 5.74) is 26.6. The Kier molecular flexibility index (Phi) is 16.3. The molecule has 0 unspecified atom stereocenters. The summed E-state index contributed by atoms with van der Waals surface area (Å²) in [5, 5.41) is 10.7. The molecule has 0 saturated heterocycles. The number of thiazole rings is 1. The molecule has 0 aliphatic carbocycles. The average molecular weight is 907 g/mol. The zero-order valence-electron chi connectivity index (χ0n) is 37.3. The van der Waals surface area contributed by atoms with Gasteiger partial charge in [-0.25, -0.2) is 15.0 Å². The Morgan fingerprint density at radius 2 is 1.42 bits per heavy atom. The van der Waals surface area contributed by atoms with Crippen LogP contribution in [-0.2, 0) is 30.8 Å². The number of aryl methyl sites for hydroxylation is 2. The number of allylic oxidation sites excluding steroid dienone is 4. The molecule has 0 saturated carbocycles. The number of methoxy groups -OCH3 is 1. The van der Waals surface area contributed by atoms with Gasteiger partial charge in [-0.2, -0.15) is 5.10 Å². The number of nitrogens with one attached hydrogen (secondary N) is 2. The van der Waals surface area contributed by atoms with Crippen LogP contribution in [0.25, 0.3) is 22.1 Å². The van der Waals surface area contributed by atoms with Gasteiger partial charge in [-0.05, 0) is 63.6 Å². The monoisotopic (exact) mass is 906 g/mol. The number of anilines is 3. The van der Waals surface area contributed by atoms with Gasteiger partial charge in [0.2, 0.25) is 23.7 Å². The quantitative estimate of drug-likeness (QED) is 0.0456. The fourth-order valence-corrected chi connectivity index (χ4v) is 7.47. The van der Waals surface area contributed by atoms with Crippen LogP contribution in [0.4, 0.5) is 17.6 Å². The van der Waals surface area contributed by atoms with Gasteiger partial charge >= 0.3 is 0 Å². The van der Waals surface area contributed by atoms with Crippen LogP contribution in [0.3, 0.4) is 0 Å². The van der Waals surface area contributed by atoms with Gasteiger partial charge in [0, 0.05) is 42.7 Å². The number of imidazole rings is 2. The predicted octanol–water partition coefficient (Wildman–Crippen LogP) is 5.13. The smallest absolute Gasteiger partial charge is 0.276 e. The zero-order chi connectivity index (χ0) is 47.4. The van der Waals surface area contributed by atoms with Crippen LogP contribution in [-0.4, -0.2) is 83.5 Å². The number of nitrogens with zero attached hydrogens (tertiary/aromatic N) is 8. The SMILES string of the molecule is CC.CCN=C(/C=C(/C)N)C(=O)Nc1nc2cc(C(N)=O)cc(OC)c2n1C/C=C/Cn1c(NC(=O)c2sc(C)nc2CC)nc2cc(C(N)=O)cc(OC/C=C/Cn3cc(N)cn3)c21. The Morgan fingerprint density at radius 1 is 0.831 bits per heavy atom. The van der Waals surface area contributed by atoms with Crippen LogP contribution in [0.5, 0.6) is 11.5 Å². The Balaban J connectivity index is 0.00000391. The van der Waals surface area contributed by atoms with Crippen LogP contribution >= 0.6 is 11.3 Å². The third-order valence-corrected chi connectivity index (χ3v) is 10.3. The van der Waals surface area contributed by atoms with Gasteiger partial charge in [-0.1, -0.05) is 39.0 Å². The normalized spacial score (nSPS) is 11.9. The van der Waals surface area contributed by atoms with E-state index in [2.05, 4.69) is 30.7 Å². The summed E-state index contributed by atoms with van der Waals surface area (Å²) >= 11 is 1.27. The first-order valence-electron chi connectivity index (χ1n) is 20.7. The topological polar surface area (TPSA) is 294 Å². The second kappa shape index (κ2) is 22.0. The molecule has 0 radical (unpaired) electrons. The Morgan fingerprint density at radius 3 is 1.95 bits per heavy atom. The molecule has 6 rings (SSSR count). The summed E-state index contributed by atoms with van der Waals surface area (Å²) in [6.07, 6.45) is 12.5. The summed E-state index contributed by atoms with van der Waals surface area (Å²) in [5.74, 6) is -1.50. The zero-order valence-corrected chi connectivity index (χ0v) is 38.2. The molecule has 4 aromatic heterocycles. The van der Waals surface area contributed by atoms with Gasteiger partial charge in [0.05, 0.1) is 47.3 Å². The minimum absolute atomic E-state index is 0.0913. The lowest BCUT2D eigenvalue weighted by Crippen LogP contribution is -2.24. The lowest BCUT2D eigenvalue weighted by Gasteiger charge is -2.13. The number of amides is 4. The molecule has 20 nitrogen and oxygen atoms in total. The molecular formula is C44H54N14O6S. The number of aromatic nitrogens is 7. The fraction of sp³-hybridized carbons (Fsp3) is 0.295. The predicted molar refractivity (Wildman–Crippen MR) is 254 cm³/mol. The number of aliphatic imine (C=N–C) groups is 1. The maximum absolute atomic E-state index is 13.8. The van der Waals surface area contributed by atoms with Gasteiger partial charge in [0.25, 0.3) is 11.8 Å². The van der Waals surface area contributed by atoms with Crippen LogP contribution < -0.4 is 43.0 Å². The van der Waals surface area contributed by atoms with Crippen molar-refractivity contribution in [3.05, 3.63) is 99.4 Å². The lowest BCUT2D eigenvalue weighted by molar-refractivity contribution is -0.110. The van der Waals surface area contributed by atoms with Crippen molar-refractivity contribution in [2.45, 2.75) is 67.6 Å². The van der Waals surface area contributed by atoms with E-state index in [1.165, 1.54) is 48.8 Å². The third-order valence-electron chi connectivity index (χ3n) is 9.31. The van der Waals surface area contributed by atoms with E-state index in [9.17, 15) is 19.2 Å².